The first-order valence-corrected chi connectivity index (χ1v) is 9.16. The van der Waals surface area contributed by atoms with Gasteiger partial charge in [-0.1, -0.05) is 0 Å². The third kappa shape index (κ3) is 6.73. The van der Waals surface area contributed by atoms with Gasteiger partial charge < -0.3 is 9.47 Å². The highest BCUT2D eigenvalue weighted by Crippen LogP contribution is 2.15. The second kappa shape index (κ2) is 11.4. The number of pyridine rings is 2. The van der Waals surface area contributed by atoms with Crippen LogP contribution in [0, 0.1) is 0 Å². The lowest BCUT2D eigenvalue weighted by atomic mass is 10.1. The van der Waals surface area contributed by atoms with Crippen LogP contribution in [-0.2, 0) is 22.6 Å². The molecule has 0 radical (unpaired) electrons. The number of nitrogens with zero attached hydrogens (tertiary/aromatic N) is 2. The molecule has 0 saturated carbocycles. The predicted octanol–water partition coefficient (Wildman–Crippen LogP) is 2.44. The largest absolute Gasteiger partial charge is 0.374 e. The van der Waals surface area contributed by atoms with E-state index in [0.29, 0.717) is 38.2 Å². The van der Waals surface area contributed by atoms with Gasteiger partial charge in [0.05, 0.1) is 13.2 Å². The van der Waals surface area contributed by atoms with Gasteiger partial charge in [0.25, 0.3) is 0 Å². The van der Waals surface area contributed by atoms with Crippen molar-refractivity contribution in [1.29, 1.82) is 0 Å². The van der Waals surface area contributed by atoms with Gasteiger partial charge in [-0.15, -0.1) is 23.2 Å². The topological polar surface area (TPSA) is 26.2 Å². The minimum atomic E-state index is 0.538. The molecule has 4 nitrogen and oxygen atoms in total. The highest BCUT2D eigenvalue weighted by Gasteiger charge is 2.06. The van der Waals surface area contributed by atoms with Crippen LogP contribution in [-0.4, -0.2) is 38.2 Å². The molecule has 2 heterocycles. The molecule has 130 valence electrons. The van der Waals surface area contributed by atoms with Crippen LogP contribution in [0.4, 0.5) is 0 Å². The van der Waals surface area contributed by atoms with E-state index in [1.54, 1.807) is 0 Å². The van der Waals surface area contributed by atoms with Crippen molar-refractivity contribution in [2.45, 2.75) is 13.1 Å². The van der Waals surface area contributed by atoms with Gasteiger partial charge in [0.1, 0.15) is 13.2 Å². The monoisotopic (exact) mass is 370 g/mol. The summed E-state index contributed by atoms with van der Waals surface area (Å²) in [5.41, 5.74) is 2.39. The smallest absolute Gasteiger partial charge is 0.171 e. The van der Waals surface area contributed by atoms with Gasteiger partial charge in [0.2, 0.25) is 0 Å². The number of aromatic nitrogens is 2. The molecule has 2 aromatic rings. The van der Waals surface area contributed by atoms with Gasteiger partial charge in [0.15, 0.2) is 37.9 Å². The van der Waals surface area contributed by atoms with Crippen LogP contribution < -0.4 is 9.13 Å². The summed E-state index contributed by atoms with van der Waals surface area (Å²) in [6, 6.07) is 8.46. The lowest BCUT2D eigenvalue weighted by Crippen LogP contribution is -2.35. The Balaban J connectivity index is 1.84. The highest BCUT2D eigenvalue weighted by atomic mass is 35.5. The summed E-state index contributed by atoms with van der Waals surface area (Å²) in [6.07, 6.45) is 8.28. The summed E-state index contributed by atoms with van der Waals surface area (Å²) in [5.74, 6) is 1.08. The average molecular weight is 371 g/mol. The Hall–Kier alpha value is -1.20. The maximum atomic E-state index is 5.58. The number of hydrogen-bond acceptors (Lipinski definition) is 2. The van der Waals surface area contributed by atoms with Crippen LogP contribution >= 0.6 is 23.2 Å². The minimum Gasteiger partial charge on any atom is -0.374 e. The summed E-state index contributed by atoms with van der Waals surface area (Å²) in [7, 11) is 0. The molecule has 0 saturated heterocycles. The molecule has 0 unspecified atom stereocenters. The van der Waals surface area contributed by atoms with E-state index in [9.17, 15) is 0 Å². The fourth-order valence-electron chi connectivity index (χ4n) is 2.25. The molecule has 2 aromatic heterocycles. The minimum absolute atomic E-state index is 0.538. The van der Waals surface area contributed by atoms with Crippen molar-refractivity contribution in [3.63, 3.8) is 0 Å². The summed E-state index contributed by atoms with van der Waals surface area (Å²) in [5, 5.41) is 0. The van der Waals surface area contributed by atoms with Crippen LogP contribution in [0.3, 0.4) is 0 Å². The highest BCUT2D eigenvalue weighted by molar-refractivity contribution is 6.18. The zero-order chi connectivity index (χ0) is 17.0. The molecule has 0 N–H and O–H groups in total. The molecule has 0 amide bonds. The molecule has 0 aromatic carbocycles. The maximum absolute atomic E-state index is 5.58. The van der Waals surface area contributed by atoms with Crippen LogP contribution in [0.1, 0.15) is 0 Å². The van der Waals surface area contributed by atoms with Gasteiger partial charge in [-0.2, -0.15) is 0 Å². The zero-order valence-electron chi connectivity index (χ0n) is 13.7. The van der Waals surface area contributed by atoms with Gasteiger partial charge in [-0.3, -0.25) is 0 Å². The predicted molar refractivity (Wildman–Crippen MR) is 95.3 cm³/mol. The number of halogens is 2. The average Bonchev–Trinajstić information content (AvgIpc) is 2.64. The zero-order valence-corrected chi connectivity index (χ0v) is 15.3. The standard InChI is InChI=1S/C18H24Cl2N2O2/c19-5-13-23-15-11-21-7-1-17(2-8-21)18-3-9-22(10-4-18)12-16-24-14-6-20/h1-4,7-10H,5-6,11-16H2/q+2. The van der Waals surface area contributed by atoms with Crippen molar-refractivity contribution in [2.75, 3.05) is 38.2 Å². The summed E-state index contributed by atoms with van der Waals surface area (Å²) < 4.78 is 15.0. The molecule has 6 heteroatoms. The second-order valence-corrected chi connectivity index (χ2v) is 6.01. The molecule has 24 heavy (non-hydrogen) atoms. The summed E-state index contributed by atoms with van der Waals surface area (Å²) >= 11 is 11.2. The van der Waals surface area contributed by atoms with E-state index in [-0.39, 0.29) is 0 Å². The lowest BCUT2D eigenvalue weighted by molar-refractivity contribution is -0.698. The van der Waals surface area contributed by atoms with E-state index in [4.69, 9.17) is 32.7 Å². The molecule has 0 atom stereocenters. The molecule has 0 aliphatic rings. The van der Waals surface area contributed by atoms with Gasteiger partial charge in [-0.25, -0.2) is 9.13 Å². The fraction of sp³-hybridized carbons (Fsp3) is 0.444. The van der Waals surface area contributed by atoms with Crippen LogP contribution in [0.25, 0.3) is 11.1 Å². The molecule has 0 spiro atoms. The van der Waals surface area contributed by atoms with Gasteiger partial charge >= 0.3 is 0 Å². The van der Waals surface area contributed by atoms with E-state index in [1.807, 2.05) is 0 Å². The lowest BCUT2D eigenvalue weighted by Gasteiger charge is -2.02. The second-order valence-electron chi connectivity index (χ2n) is 5.25. The number of rotatable bonds is 11. The third-order valence-corrected chi connectivity index (χ3v) is 3.85. The first-order chi connectivity index (χ1) is 11.8. The van der Waals surface area contributed by atoms with Crippen molar-refractivity contribution >= 4 is 23.2 Å². The van der Waals surface area contributed by atoms with E-state index in [1.165, 1.54) is 11.1 Å². The number of alkyl halides is 2. The van der Waals surface area contributed by atoms with Crippen molar-refractivity contribution < 1.29 is 18.6 Å². The Bertz CT molecular complexity index is 523. The third-order valence-electron chi connectivity index (χ3n) is 3.55. The van der Waals surface area contributed by atoms with Crippen LogP contribution in [0.5, 0.6) is 0 Å². The molecule has 0 aliphatic carbocycles. The Labute approximate surface area is 153 Å². The van der Waals surface area contributed by atoms with E-state index >= 15 is 0 Å². The van der Waals surface area contributed by atoms with Gasteiger partial charge in [-0.05, 0) is 11.1 Å². The molecular formula is C18H24Cl2N2O2+2. The number of ether oxygens (including phenoxy) is 2. The summed E-state index contributed by atoms with van der Waals surface area (Å²) in [6.45, 7) is 4.20. The van der Waals surface area contributed by atoms with Crippen LogP contribution in [0.2, 0.25) is 0 Å². The van der Waals surface area contributed by atoms with Crippen molar-refractivity contribution in [2.24, 2.45) is 0 Å². The maximum Gasteiger partial charge on any atom is 0.171 e. The number of hydrogen-bond donors (Lipinski definition) is 0. The molecular weight excluding hydrogens is 347 g/mol. The Kier molecular flexibility index (Phi) is 9.06. The van der Waals surface area contributed by atoms with Crippen molar-refractivity contribution in [3.8, 4) is 11.1 Å². The van der Waals surface area contributed by atoms with E-state index < -0.39 is 0 Å². The first kappa shape index (κ1) is 19.1. The molecule has 0 fully saturated rings. The van der Waals surface area contributed by atoms with Crippen molar-refractivity contribution in [1.82, 2.24) is 0 Å². The Morgan fingerprint density at radius 1 is 0.625 bits per heavy atom. The Morgan fingerprint density at radius 3 is 1.33 bits per heavy atom. The quantitative estimate of drug-likeness (QED) is 0.345. The summed E-state index contributed by atoms with van der Waals surface area (Å²) in [4.78, 5) is 0. The molecule has 2 rings (SSSR count). The van der Waals surface area contributed by atoms with Gasteiger partial charge in [0, 0.05) is 36.0 Å². The molecule has 0 bridgehead atoms. The Morgan fingerprint density at radius 2 is 1.00 bits per heavy atom. The fourth-order valence-corrected chi connectivity index (χ4v) is 2.47. The van der Waals surface area contributed by atoms with Crippen molar-refractivity contribution in [3.05, 3.63) is 49.1 Å². The first-order valence-electron chi connectivity index (χ1n) is 8.09. The normalized spacial score (nSPS) is 10.9. The van der Waals surface area contributed by atoms with E-state index in [0.717, 1.165) is 13.1 Å². The molecule has 0 aliphatic heterocycles. The van der Waals surface area contributed by atoms with E-state index in [2.05, 4.69) is 58.2 Å². The SMILES string of the molecule is ClCCOCC[n+]1ccc(-c2cc[n+](CCOCCCl)cc2)cc1. The van der Waals surface area contributed by atoms with Crippen LogP contribution in [0.15, 0.2) is 49.1 Å².